The van der Waals surface area contributed by atoms with Gasteiger partial charge < -0.3 is 15.1 Å². The zero-order valence-electron chi connectivity index (χ0n) is 17.2. The number of nitrogens with one attached hydrogen (secondary N) is 1. The topological polar surface area (TPSA) is 85.7 Å². The second kappa shape index (κ2) is 9.84. The predicted molar refractivity (Wildman–Crippen MR) is 121 cm³/mol. The van der Waals surface area contributed by atoms with Crippen LogP contribution in [0.3, 0.4) is 0 Å². The van der Waals surface area contributed by atoms with E-state index < -0.39 is 18.2 Å². The van der Waals surface area contributed by atoms with Crippen LogP contribution < -0.4 is 10.2 Å². The van der Waals surface area contributed by atoms with Gasteiger partial charge in [0.05, 0.1) is 5.69 Å². The van der Waals surface area contributed by atoms with Gasteiger partial charge in [0.25, 0.3) is 0 Å². The molecule has 1 aliphatic carbocycles. The van der Waals surface area contributed by atoms with Gasteiger partial charge in [-0.1, -0.05) is 55.5 Å². The van der Waals surface area contributed by atoms with Gasteiger partial charge in [-0.3, -0.25) is 10.1 Å². The van der Waals surface area contributed by atoms with Crippen LogP contribution in [0.4, 0.5) is 5.13 Å². The highest BCUT2D eigenvalue weighted by molar-refractivity contribution is 7.13. The van der Waals surface area contributed by atoms with Crippen molar-refractivity contribution in [2.75, 3.05) is 11.4 Å². The van der Waals surface area contributed by atoms with Crippen LogP contribution in [0, 0.1) is 5.92 Å². The first kappa shape index (κ1) is 22.0. The summed E-state index contributed by atoms with van der Waals surface area (Å²) in [4.78, 5) is 17.9. The fourth-order valence-corrected chi connectivity index (χ4v) is 4.08. The summed E-state index contributed by atoms with van der Waals surface area (Å²) < 4.78 is 0. The molecule has 0 bridgehead atoms. The summed E-state index contributed by atoms with van der Waals surface area (Å²) in [6.07, 6.45) is 7.17. The highest BCUT2D eigenvalue weighted by atomic mass is 32.1. The second-order valence-electron chi connectivity index (χ2n) is 7.35. The molecule has 3 unspecified atom stereocenters. The van der Waals surface area contributed by atoms with E-state index in [9.17, 15) is 9.90 Å². The van der Waals surface area contributed by atoms with Crippen LogP contribution in [0.25, 0.3) is 5.57 Å². The van der Waals surface area contributed by atoms with Crippen molar-refractivity contribution in [2.45, 2.75) is 32.7 Å². The monoisotopic (exact) mass is 425 g/mol. The molecule has 6 nitrogen and oxygen atoms in total. The van der Waals surface area contributed by atoms with Crippen molar-refractivity contribution in [1.82, 2.24) is 10.3 Å². The molecule has 1 aromatic heterocycles. The van der Waals surface area contributed by atoms with Crippen molar-refractivity contribution in [1.29, 1.82) is 0 Å². The molecule has 3 N–H and O–H groups in total. The Morgan fingerprint density at radius 2 is 2.13 bits per heavy atom. The minimum Gasteiger partial charge on any atom is -0.480 e. The van der Waals surface area contributed by atoms with E-state index in [1.807, 2.05) is 18.2 Å². The number of thiazole rings is 1. The summed E-state index contributed by atoms with van der Waals surface area (Å²) in [6, 6.07) is 6.63. The van der Waals surface area contributed by atoms with Crippen LogP contribution in [-0.4, -0.2) is 33.8 Å². The highest BCUT2D eigenvalue weighted by Crippen LogP contribution is 2.32. The average Bonchev–Trinajstić information content (AvgIpc) is 3.36. The quantitative estimate of drug-likeness (QED) is 0.394. The lowest BCUT2D eigenvalue weighted by Gasteiger charge is -2.21. The summed E-state index contributed by atoms with van der Waals surface area (Å²) >= 11 is 1.62. The maximum atomic E-state index is 10.9. The zero-order chi connectivity index (χ0) is 21.7. The number of rotatable bonds is 10. The summed E-state index contributed by atoms with van der Waals surface area (Å²) in [5.74, 6) is -0.628. The molecule has 3 rings (SSSR count). The molecular weight excluding hydrogens is 398 g/mol. The van der Waals surface area contributed by atoms with Crippen molar-refractivity contribution in [3.05, 3.63) is 77.3 Å². The number of hydrogen-bond donors (Lipinski definition) is 3. The van der Waals surface area contributed by atoms with Crippen molar-refractivity contribution in [3.8, 4) is 0 Å². The predicted octanol–water partition coefficient (Wildman–Crippen LogP) is 3.98. The first-order chi connectivity index (χ1) is 14.4. The molecule has 2 aromatic rings. The zero-order valence-corrected chi connectivity index (χ0v) is 18.0. The van der Waals surface area contributed by atoms with E-state index in [0.29, 0.717) is 24.6 Å². The van der Waals surface area contributed by atoms with Gasteiger partial charge >= 0.3 is 5.97 Å². The van der Waals surface area contributed by atoms with Gasteiger partial charge in [0.1, 0.15) is 12.3 Å². The van der Waals surface area contributed by atoms with Gasteiger partial charge in [-0.25, -0.2) is 4.98 Å². The Morgan fingerprint density at radius 1 is 1.40 bits per heavy atom. The molecule has 158 valence electrons. The standard InChI is InChI=1S/C23H27N3O3S/c1-4-12-26(23-25-20(14-30-23)19-7-5-6-15(19)2)13-17-8-10-18(11-9-17)21(27)24-16(3)22(28)29/h4-11,14-16,21,24,27H,1,12-13H2,2-3H3,(H,28,29). The Morgan fingerprint density at radius 3 is 2.73 bits per heavy atom. The number of aliphatic hydroxyl groups is 1. The van der Waals surface area contributed by atoms with Gasteiger partial charge in [-0.05, 0) is 23.6 Å². The van der Waals surface area contributed by atoms with E-state index in [1.165, 1.54) is 12.5 Å². The smallest absolute Gasteiger partial charge is 0.320 e. The van der Waals surface area contributed by atoms with E-state index in [1.54, 1.807) is 23.5 Å². The minimum absolute atomic E-state index is 0.379. The largest absolute Gasteiger partial charge is 0.480 e. The van der Waals surface area contributed by atoms with Gasteiger partial charge in [0, 0.05) is 24.4 Å². The van der Waals surface area contributed by atoms with Crippen LogP contribution >= 0.6 is 11.3 Å². The first-order valence-corrected chi connectivity index (χ1v) is 10.7. The van der Waals surface area contributed by atoms with Crippen molar-refractivity contribution >= 4 is 28.0 Å². The van der Waals surface area contributed by atoms with E-state index in [4.69, 9.17) is 10.1 Å². The number of carboxylic acids is 1. The maximum absolute atomic E-state index is 10.9. The molecule has 1 aliphatic rings. The number of hydrogen-bond acceptors (Lipinski definition) is 6. The molecule has 0 saturated heterocycles. The third kappa shape index (κ3) is 5.24. The number of aliphatic hydroxyl groups excluding tert-OH is 1. The van der Waals surface area contributed by atoms with Gasteiger partial charge in [0.2, 0.25) is 0 Å². The van der Waals surface area contributed by atoms with Crippen molar-refractivity contribution in [2.24, 2.45) is 5.92 Å². The lowest BCUT2D eigenvalue weighted by Crippen LogP contribution is -2.36. The molecule has 0 fully saturated rings. The molecule has 0 aliphatic heterocycles. The Balaban J connectivity index is 1.69. The molecule has 3 atom stereocenters. The number of carbonyl (C=O) groups is 1. The van der Waals surface area contributed by atoms with Crippen LogP contribution in [0.2, 0.25) is 0 Å². The molecular formula is C23H27N3O3S. The number of benzene rings is 1. The molecule has 7 heteroatoms. The molecule has 0 saturated carbocycles. The second-order valence-corrected chi connectivity index (χ2v) is 8.19. The summed E-state index contributed by atoms with van der Waals surface area (Å²) in [6.45, 7) is 8.85. The molecule has 0 radical (unpaired) electrons. The number of nitrogens with zero attached hydrogens (tertiary/aromatic N) is 2. The third-order valence-corrected chi connectivity index (χ3v) is 5.92. The Kier molecular flexibility index (Phi) is 7.20. The van der Waals surface area contributed by atoms with E-state index in [0.717, 1.165) is 16.4 Å². The number of anilines is 1. The molecule has 0 amide bonds. The maximum Gasteiger partial charge on any atom is 0.320 e. The summed E-state index contributed by atoms with van der Waals surface area (Å²) in [5, 5.41) is 24.8. The Hall–Kier alpha value is -2.74. The summed E-state index contributed by atoms with van der Waals surface area (Å²) in [7, 11) is 0. The van der Waals surface area contributed by atoms with Crippen LogP contribution in [-0.2, 0) is 11.3 Å². The lowest BCUT2D eigenvalue weighted by molar-refractivity contribution is -0.140. The number of carboxylic acid groups (broad SMARTS) is 1. The normalized spacial score (nSPS) is 17.4. The molecule has 0 spiro atoms. The van der Waals surface area contributed by atoms with Crippen molar-refractivity contribution < 1.29 is 15.0 Å². The van der Waals surface area contributed by atoms with Gasteiger partial charge in [-0.15, -0.1) is 17.9 Å². The molecule has 1 aromatic carbocycles. The van der Waals surface area contributed by atoms with Crippen molar-refractivity contribution in [3.63, 3.8) is 0 Å². The van der Waals surface area contributed by atoms with Crippen LogP contribution in [0.5, 0.6) is 0 Å². The number of aromatic nitrogens is 1. The van der Waals surface area contributed by atoms with Crippen LogP contribution in [0.1, 0.15) is 36.9 Å². The van der Waals surface area contributed by atoms with E-state index in [2.05, 4.69) is 47.3 Å². The lowest BCUT2D eigenvalue weighted by atomic mass is 10.0. The highest BCUT2D eigenvalue weighted by Gasteiger charge is 2.18. The average molecular weight is 426 g/mol. The Bertz CT molecular complexity index is 949. The van der Waals surface area contributed by atoms with E-state index >= 15 is 0 Å². The minimum atomic E-state index is -1.04. The number of aliphatic carboxylic acids is 1. The van der Waals surface area contributed by atoms with Gasteiger partial charge in [0.15, 0.2) is 5.13 Å². The third-order valence-electron chi connectivity index (χ3n) is 5.02. The number of allylic oxidation sites excluding steroid dienone is 4. The van der Waals surface area contributed by atoms with Gasteiger partial charge in [-0.2, -0.15) is 0 Å². The first-order valence-electron chi connectivity index (χ1n) is 9.85. The SMILES string of the molecule is C=CCN(Cc1ccc(C(O)NC(C)C(=O)O)cc1)c1nc(C2=CC=CC2C)cs1. The van der Waals surface area contributed by atoms with E-state index in [-0.39, 0.29) is 0 Å². The fourth-order valence-electron chi connectivity index (χ4n) is 3.24. The Labute approximate surface area is 180 Å². The fraction of sp³-hybridized carbons (Fsp3) is 0.304. The molecule has 30 heavy (non-hydrogen) atoms. The summed E-state index contributed by atoms with van der Waals surface area (Å²) in [5.41, 5.74) is 3.93. The van der Waals surface area contributed by atoms with Crippen LogP contribution in [0.15, 0.2) is 60.5 Å². The molecule has 1 heterocycles.